The first kappa shape index (κ1) is 15.6. The highest BCUT2D eigenvalue weighted by molar-refractivity contribution is 8.14. The van der Waals surface area contributed by atoms with E-state index in [0.29, 0.717) is 18.5 Å². The van der Waals surface area contributed by atoms with Crippen molar-refractivity contribution < 1.29 is 13.2 Å². The normalized spacial score (nSPS) is 11.3. The first-order chi connectivity index (χ1) is 9.89. The Morgan fingerprint density at radius 1 is 1.10 bits per heavy atom. The lowest BCUT2D eigenvalue weighted by atomic mass is 10.1. The first-order valence-corrected chi connectivity index (χ1v) is 8.65. The fraction of sp³-hybridized carbons (Fsp3) is 0.214. The number of hydrogen-bond donors (Lipinski definition) is 2. The number of halogens is 1. The van der Waals surface area contributed by atoms with Crippen LogP contribution in [-0.2, 0) is 13.8 Å². The van der Waals surface area contributed by atoms with Crippen LogP contribution in [0.4, 0.5) is 5.69 Å². The molecule has 0 unspecified atom stereocenters. The van der Waals surface area contributed by atoms with Crippen LogP contribution < -0.4 is 10.6 Å². The van der Waals surface area contributed by atoms with E-state index in [1.54, 1.807) is 18.2 Å². The molecule has 112 valence electrons. The minimum atomic E-state index is -3.80. The van der Waals surface area contributed by atoms with Crippen LogP contribution in [0.2, 0.25) is 0 Å². The second-order valence-corrected chi connectivity index (χ2v) is 7.04. The minimum Gasteiger partial charge on any atom is -0.383 e. The van der Waals surface area contributed by atoms with Gasteiger partial charge in [0.15, 0.2) is 0 Å². The number of carbonyl (C=O) groups is 1. The lowest BCUT2D eigenvalue weighted by Crippen LogP contribution is -2.26. The Bertz CT molecular complexity index is 775. The molecule has 2 N–H and O–H groups in total. The van der Waals surface area contributed by atoms with Crippen molar-refractivity contribution in [3.63, 3.8) is 0 Å². The second kappa shape index (κ2) is 6.32. The molecule has 21 heavy (non-hydrogen) atoms. The number of amides is 1. The van der Waals surface area contributed by atoms with E-state index in [9.17, 15) is 13.2 Å². The van der Waals surface area contributed by atoms with Crippen LogP contribution in [0.3, 0.4) is 0 Å². The van der Waals surface area contributed by atoms with Crippen molar-refractivity contribution in [2.24, 2.45) is 0 Å². The minimum absolute atomic E-state index is 0.0900. The SMILES string of the molecule is CC(=O)NCCNc1cccc2c(S(=O)(=O)Cl)cccc12. The van der Waals surface area contributed by atoms with Crippen LogP contribution in [0.1, 0.15) is 6.92 Å². The number of carbonyl (C=O) groups excluding carboxylic acids is 1. The van der Waals surface area contributed by atoms with E-state index in [1.165, 1.54) is 13.0 Å². The highest BCUT2D eigenvalue weighted by atomic mass is 35.7. The van der Waals surface area contributed by atoms with Crippen LogP contribution in [0.5, 0.6) is 0 Å². The molecule has 0 aliphatic rings. The summed E-state index contributed by atoms with van der Waals surface area (Å²) in [7, 11) is 1.66. The van der Waals surface area contributed by atoms with Crippen molar-refractivity contribution in [1.82, 2.24) is 5.32 Å². The van der Waals surface area contributed by atoms with E-state index < -0.39 is 9.05 Å². The van der Waals surface area contributed by atoms with Gasteiger partial charge in [-0.15, -0.1) is 0 Å². The van der Waals surface area contributed by atoms with E-state index in [2.05, 4.69) is 10.6 Å². The molecule has 0 aliphatic heterocycles. The largest absolute Gasteiger partial charge is 0.383 e. The monoisotopic (exact) mass is 326 g/mol. The van der Waals surface area contributed by atoms with Crippen LogP contribution in [0.15, 0.2) is 41.3 Å². The summed E-state index contributed by atoms with van der Waals surface area (Å²) in [6.07, 6.45) is 0. The molecule has 0 atom stereocenters. The smallest absolute Gasteiger partial charge is 0.261 e. The Balaban J connectivity index is 2.32. The molecule has 0 saturated heterocycles. The maximum atomic E-state index is 11.6. The average molecular weight is 327 g/mol. The molecule has 2 rings (SSSR count). The second-order valence-electron chi connectivity index (χ2n) is 4.50. The molecule has 2 aromatic rings. The Morgan fingerprint density at radius 2 is 1.76 bits per heavy atom. The number of nitrogens with one attached hydrogen (secondary N) is 2. The number of fused-ring (bicyclic) bond motifs is 1. The third-order valence-electron chi connectivity index (χ3n) is 2.96. The van der Waals surface area contributed by atoms with E-state index in [4.69, 9.17) is 10.7 Å². The summed E-state index contributed by atoms with van der Waals surface area (Å²) in [6, 6.07) is 10.3. The fourth-order valence-corrected chi connectivity index (χ4v) is 3.17. The summed E-state index contributed by atoms with van der Waals surface area (Å²) in [5, 5.41) is 7.18. The van der Waals surface area contributed by atoms with Crippen LogP contribution in [0, 0.1) is 0 Å². The standard InChI is InChI=1S/C14H15ClN2O3S/c1-10(18)16-8-9-17-13-6-2-5-12-11(13)4-3-7-14(12)21(15,19)20/h2-7,17H,8-9H2,1H3,(H,16,18). The van der Waals surface area contributed by atoms with Gasteiger partial charge in [0.2, 0.25) is 5.91 Å². The third-order valence-corrected chi connectivity index (χ3v) is 4.34. The van der Waals surface area contributed by atoms with Gasteiger partial charge in [-0.05, 0) is 12.1 Å². The molecule has 0 heterocycles. The van der Waals surface area contributed by atoms with Gasteiger partial charge in [0, 0.05) is 47.2 Å². The van der Waals surface area contributed by atoms with E-state index in [0.717, 1.165) is 11.1 Å². The lowest BCUT2D eigenvalue weighted by molar-refractivity contribution is -0.118. The lowest BCUT2D eigenvalue weighted by Gasteiger charge is -2.11. The number of rotatable bonds is 5. The molecule has 7 heteroatoms. The van der Waals surface area contributed by atoms with Gasteiger partial charge in [-0.3, -0.25) is 4.79 Å². The van der Waals surface area contributed by atoms with Crippen LogP contribution in [0.25, 0.3) is 10.8 Å². The molecule has 0 aliphatic carbocycles. The summed E-state index contributed by atoms with van der Waals surface area (Å²) in [6.45, 7) is 2.48. The molecule has 2 aromatic carbocycles. The average Bonchev–Trinajstić information content (AvgIpc) is 2.41. The summed E-state index contributed by atoms with van der Waals surface area (Å²) in [4.78, 5) is 10.9. The number of anilines is 1. The quantitative estimate of drug-likeness (QED) is 0.653. The highest BCUT2D eigenvalue weighted by Gasteiger charge is 2.14. The molecule has 1 amide bonds. The van der Waals surface area contributed by atoms with Crippen LogP contribution >= 0.6 is 10.7 Å². The zero-order chi connectivity index (χ0) is 15.5. The van der Waals surface area contributed by atoms with Gasteiger partial charge in [0.1, 0.15) is 0 Å². The summed E-state index contributed by atoms with van der Waals surface area (Å²) >= 11 is 0. The molecule has 5 nitrogen and oxygen atoms in total. The molecule has 0 radical (unpaired) electrons. The number of benzene rings is 2. The molecule has 0 fully saturated rings. The number of hydrogen-bond acceptors (Lipinski definition) is 4. The topological polar surface area (TPSA) is 75.3 Å². The van der Waals surface area contributed by atoms with Gasteiger partial charge in [0.25, 0.3) is 9.05 Å². The van der Waals surface area contributed by atoms with Crippen molar-refractivity contribution in [2.45, 2.75) is 11.8 Å². The summed E-state index contributed by atoms with van der Waals surface area (Å²) in [5.74, 6) is -0.0924. The Morgan fingerprint density at radius 3 is 2.43 bits per heavy atom. The molecule has 0 aromatic heterocycles. The van der Waals surface area contributed by atoms with Gasteiger partial charge in [-0.1, -0.05) is 24.3 Å². The summed E-state index contributed by atoms with van der Waals surface area (Å²) in [5.41, 5.74) is 0.792. The predicted molar refractivity (Wildman–Crippen MR) is 84.2 cm³/mol. The van der Waals surface area contributed by atoms with Gasteiger partial charge >= 0.3 is 0 Å². The highest BCUT2D eigenvalue weighted by Crippen LogP contribution is 2.30. The maximum Gasteiger partial charge on any atom is 0.261 e. The zero-order valence-electron chi connectivity index (χ0n) is 11.4. The Kier molecular flexibility index (Phi) is 4.69. The van der Waals surface area contributed by atoms with Crippen molar-refractivity contribution in [2.75, 3.05) is 18.4 Å². The van der Waals surface area contributed by atoms with Crippen LogP contribution in [-0.4, -0.2) is 27.4 Å². The van der Waals surface area contributed by atoms with Gasteiger partial charge in [-0.2, -0.15) is 0 Å². The Hall–Kier alpha value is -1.79. The summed E-state index contributed by atoms with van der Waals surface area (Å²) < 4.78 is 23.2. The van der Waals surface area contributed by atoms with Crippen molar-refractivity contribution in [1.29, 1.82) is 0 Å². The zero-order valence-corrected chi connectivity index (χ0v) is 13.0. The van der Waals surface area contributed by atoms with E-state index in [1.807, 2.05) is 12.1 Å². The molecular weight excluding hydrogens is 312 g/mol. The molecule has 0 spiro atoms. The fourth-order valence-electron chi connectivity index (χ4n) is 2.08. The van der Waals surface area contributed by atoms with Gasteiger partial charge in [0.05, 0.1) is 4.90 Å². The molecule has 0 bridgehead atoms. The molecular formula is C14H15ClN2O3S. The predicted octanol–water partition coefficient (Wildman–Crippen LogP) is 2.32. The Labute approximate surface area is 127 Å². The van der Waals surface area contributed by atoms with E-state index in [-0.39, 0.29) is 10.8 Å². The van der Waals surface area contributed by atoms with Crippen molar-refractivity contribution in [3.05, 3.63) is 36.4 Å². The van der Waals surface area contributed by atoms with Crippen molar-refractivity contribution >= 4 is 42.1 Å². The molecule has 0 saturated carbocycles. The third kappa shape index (κ3) is 3.86. The van der Waals surface area contributed by atoms with Gasteiger partial charge in [-0.25, -0.2) is 8.42 Å². The van der Waals surface area contributed by atoms with E-state index >= 15 is 0 Å². The van der Waals surface area contributed by atoms with Crippen molar-refractivity contribution in [3.8, 4) is 0 Å². The first-order valence-electron chi connectivity index (χ1n) is 6.34. The maximum absolute atomic E-state index is 11.6. The van der Waals surface area contributed by atoms with Gasteiger partial charge < -0.3 is 10.6 Å².